The number of imide groups is 1. The highest BCUT2D eigenvalue weighted by Crippen LogP contribution is 2.23. The van der Waals surface area contributed by atoms with Gasteiger partial charge in [0.15, 0.2) is 0 Å². The van der Waals surface area contributed by atoms with E-state index in [1.165, 1.54) is 0 Å². The number of hydrazine groups is 1. The molecule has 1 aliphatic heterocycles. The Bertz CT molecular complexity index is 1260. The van der Waals surface area contributed by atoms with E-state index in [0.29, 0.717) is 19.4 Å². The zero-order valence-electron chi connectivity index (χ0n) is 21.1. The van der Waals surface area contributed by atoms with E-state index in [2.05, 4.69) is 15.8 Å². The summed E-state index contributed by atoms with van der Waals surface area (Å²) in [5.74, 6) is -0.908. The molecule has 9 nitrogen and oxygen atoms in total. The van der Waals surface area contributed by atoms with Gasteiger partial charge in [-0.1, -0.05) is 48.5 Å². The van der Waals surface area contributed by atoms with Crippen LogP contribution in [0.1, 0.15) is 35.9 Å². The molecule has 0 aliphatic carbocycles. The second-order valence-electron chi connectivity index (χ2n) is 9.49. The highest BCUT2D eigenvalue weighted by molar-refractivity contribution is 6.07. The minimum absolute atomic E-state index is 0.00713. The SMILES string of the molecule is Cc1nn(-c2ccccc2)c(C)c1CN(C)CC(=O)NN1C(=O)NC(C)(CCc2ccccc2)C1=O. The third kappa shape index (κ3) is 5.31. The number of aryl methyl sites for hydroxylation is 2. The number of benzene rings is 2. The predicted octanol–water partition coefficient (Wildman–Crippen LogP) is 2.90. The third-order valence-electron chi connectivity index (χ3n) is 6.54. The molecule has 0 bridgehead atoms. The standard InChI is InChI=1S/C27H32N6O3/c1-19-23(20(2)32(29-19)22-13-9-6-10-14-22)17-31(4)18-24(34)30-33-25(35)27(3,28-26(33)36)16-15-21-11-7-5-8-12-21/h5-14H,15-18H2,1-4H3,(H,28,36)(H,30,34). The molecular weight excluding hydrogens is 456 g/mol. The number of nitrogens with one attached hydrogen (secondary N) is 2. The lowest BCUT2D eigenvalue weighted by Crippen LogP contribution is -2.51. The van der Waals surface area contributed by atoms with Crippen molar-refractivity contribution < 1.29 is 14.4 Å². The first-order valence-corrected chi connectivity index (χ1v) is 12.0. The molecule has 0 saturated carbocycles. The molecule has 2 aromatic carbocycles. The van der Waals surface area contributed by atoms with Crippen LogP contribution < -0.4 is 10.7 Å². The van der Waals surface area contributed by atoms with Gasteiger partial charge in [0.2, 0.25) is 0 Å². The van der Waals surface area contributed by atoms with Crippen LogP contribution in [-0.2, 0) is 22.6 Å². The van der Waals surface area contributed by atoms with Crippen molar-refractivity contribution in [2.45, 2.75) is 45.7 Å². The Hall–Kier alpha value is -3.98. The number of carbonyl (C=O) groups is 3. The van der Waals surface area contributed by atoms with E-state index in [9.17, 15) is 14.4 Å². The van der Waals surface area contributed by atoms with Gasteiger partial charge in [-0.2, -0.15) is 10.1 Å². The number of likely N-dealkylation sites (N-methyl/N-ethyl adjacent to an activating group) is 1. The molecular formula is C27H32N6O3. The van der Waals surface area contributed by atoms with E-state index < -0.39 is 23.4 Å². The summed E-state index contributed by atoms with van der Waals surface area (Å²) < 4.78 is 1.89. The molecule has 1 unspecified atom stereocenters. The van der Waals surface area contributed by atoms with Gasteiger partial charge in [-0.25, -0.2) is 9.48 Å². The zero-order valence-corrected chi connectivity index (χ0v) is 21.1. The molecule has 3 aromatic rings. The second kappa shape index (κ2) is 10.3. The number of rotatable bonds is 9. The second-order valence-corrected chi connectivity index (χ2v) is 9.49. The lowest BCUT2D eigenvalue weighted by atomic mass is 9.93. The van der Waals surface area contributed by atoms with Gasteiger partial charge in [0.1, 0.15) is 5.54 Å². The first kappa shape index (κ1) is 25.1. The smallest absolute Gasteiger partial charge is 0.322 e. The van der Waals surface area contributed by atoms with Crippen LogP contribution in [0.5, 0.6) is 0 Å². The van der Waals surface area contributed by atoms with Gasteiger partial charge < -0.3 is 5.32 Å². The van der Waals surface area contributed by atoms with Crippen LogP contribution in [0.3, 0.4) is 0 Å². The molecule has 4 rings (SSSR count). The van der Waals surface area contributed by atoms with Crippen molar-refractivity contribution in [3.63, 3.8) is 0 Å². The Morgan fingerprint density at radius 1 is 1.06 bits per heavy atom. The minimum Gasteiger partial charge on any atom is -0.322 e. The topological polar surface area (TPSA) is 99.6 Å². The number of amides is 4. The van der Waals surface area contributed by atoms with Crippen LogP contribution in [0, 0.1) is 13.8 Å². The van der Waals surface area contributed by atoms with Crippen LogP contribution in [-0.4, -0.2) is 56.7 Å². The summed E-state index contributed by atoms with van der Waals surface area (Å²) in [5, 5.41) is 8.18. The fraction of sp³-hybridized carbons (Fsp3) is 0.333. The highest BCUT2D eigenvalue weighted by Gasteiger charge is 2.48. The van der Waals surface area contributed by atoms with E-state index in [1.54, 1.807) is 6.92 Å². The van der Waals surface area contributed by atoms with Crippen molar-refractivity contribution >= 4 is 17.8 Å². The van der Waals surface area contributed by atoms with Gasteiger partial charge in [-0.15, -0.1) is 0 Å². The predicted molar refractivity (Wildman–Crippen MR) is 136 cm³/mol. The number of hydrogen-bond donors (Lipinski definition) is 2. The summed E-state index contributed by atoms with van der Waals surface area (Å²) in [4.78, 5) is 40.1. The van der Waals surface area contributed by atoms with Crippen molar-refractivity contribution in [3.8, 4) is 5.69 Å². The van der Waals surface area contributed by atoms with E-state index in [1.807, 2.05) is 91.1 Å². The van der Waals surface area contributed by atoms with Crippen molar-refractivity contribution in [2.24, 2.45) is 0 Å². The van der Waals surface area contributed by atoms with E-state index in [4.69, 9.17) is 0 Å². The van der Waals surface area contributed by atoms with E-state index in [-0.39, 0.29) is 6.54 Å². The third-order valence-corrected chi connectivity index (χ3v) is 6.54. The van der Waals surface area contributed by atoms with E-state index >= 15 is 0 Å². The quantitative estimate of drug-likeness (QED) is 0.451. The summed E-state index contributed by atoms with van der Waals surface area (Å²) >= 11 is 0. The Balaban J connectivity index is 1.35. The van der Waals surface area contributed by atoms with Gasteiger partial charge >= 0.3 is 6.03 Å². The molecule has 36 heavy (non-hydrogen) atoms. The van der Waals surface area contributed by atoms with Gasteiger partial charge in [0, 0.05) is 17.8 Å². The molecule has 1 aromatic heterocycles. The Morgan fingerprint density at radius 3 is 2.36 bits per heavy atom. The molecule has 2 heterocycles. The number of para-hydroxylation sites is 1. The number of nitrogens with zero attached hydrogens (tertiary/aromatic N) is 4. The number of aromatic nitrogens is 2. The number of hydrogen-bond acceptors (Lipinski definition) is 5. The van der Waals surface area contributed by atoms with Gasteiger partial charge in [0.05, 0.1) is 17.9 Å². The average molecular weight is 489 g/mol. The molecule has 1 fully saturated rings. The molecule has 4 amide bonds. The summed E-state index contributed by atoms with van der Waals surface area (Å²) in [6, 6.07) is 19.0. The van der Waals surface area contributed by atoms with Crippen molar-refractivity contribution in [2.75, 3.05) is 13.6 Å². The summed E-state index contributed by atoms with van der Waals surface area (Å²) in [6.07, 6.45) is 1.06. The number of carbonyl (C=O) groups excluding carboxylic acids is 3. The molecule has 9 heteroatoms. The van der Waals surface area contributed by atoms with Crippen LogP contribution >= 0.6 is 0 Å². The maximum absolute atomic E-state index is 13.0. The maximum atomic E-state index is 13.0. The van der Waals surface area contributed by atoms with Gasteiger partial charge in [-0.3, -0.25) is 19.9 Å². The fourth-order valence-corrected chi connectivity index (χ4v) is 4.45. The summed E-state index contributed by atoms with van der Waals surface area (Å²) in [5.41, 5.74) is 6.35. The van der Waals surface area contributed by atoms with Crippen LogP contribution in [0.4, 0.5) is 4.79 Å². The molecule has 1 atom stereocenters. The highest BCUT2D eigenvalue weighted by atomic mass is 16.2. The first-order chi connectivity index (χ1) is 17.2. The monoisotopic (exact) mass is 488 g/mol. The largest absolute Gasteiger partial charge is 0.344 e. The van der Waals surface area contributed by atoms with Gasteiger partial charge in [-0.05, 0) is 58.4 Å². The lowest BCUT2D eigenvalue weighted by molar-refractivity contribution is -0.139. The molecule has 1 saturated heterocycles. The first-order valence-electron chi connectivity index (χ1n) is 12.0. The molecule has 0 spiro atoms. The van der Waals surface area contributed by atoms with E-state index in [0.717, 1.165) is 33.2 Å². The minimum atomic E-state index is -1.08. The molecule has 1 aliphatic rings. The maximum Gasteiger partial charge on any atom is 0.344 e. The summed E-state index contributed by atoms with van der Waals surface area (Å²) in [7, 11) is 1.81. The molecule has 2 N–H and O–H groups in total. The average Bonchev–Trinajstić information content (AvgIpc) is 3.26. The fourth-order valence-electron chi connectivity index (χ4n) is 4.45. The molecule has 188 valence electrons. The summed E-state index contributed by atoms with van der Waals surface area (Å²) in [6.45, 7) is 6.13. The molecule has 0 radical (unpaired) electrons. The number of urea groups is 1. The van der Waals surface area contributed by atoms with Crippen molar-refractivity contribution in [1.29, 1.82) is 0 Å². The Morgan fingerprint density at radius 2 is 1.69 bits per heavy atom. The lowest BCUT2D eigenvalue weighted by Gasteiger charge is -2.22. The van der Waals surface area contributed by atoms with Crippen LogP contribution in [0.2, 0.25) is 0 Å². The van der Waals surface area contributed by atoms with Crippen LogP contribution in [0.15, 0.2) is 60.7 Å². The van der Waals surface area contributed by atoms with Gasteiger partial charge in [0.25, 0.3) is 11.8 Å². The zero-order chi connectivity index (χ0) is 25.9. The van der Waals surface area contributed by atoms with Crippen molar-refractivity contribution in [1.82, 2.24) is 30.4 Å². The van der Waals surface area contributed by atoms with Crippen molar-refractivity contribution in [3.05, 3.63) is 83.2 Å². The normalized spacial score (nSPS) is 17.5. The Kier molecular flexibility index (Phi) is 7.21. The van der Waals surface area contributed by atoms with Crippen LogP contribution in [0.25, 0.3) is 5.69 Å². The Labute approximate surface area is 211 Å².